The van der Waals surface area contributed by atoms with Crippen LogP contribution in [0.4, 0.5) is 0 Å². The van der Waals surface area contributed by atoms with Crippen LogP contribution in [0.25, 0.3) is 0 Å². The highest BCUT2D eigenvalue weighted by molar-refractivity contribution is 7.10. The van der Waals surface area contributed by atoms with Crippen LogP contribution in [0, 0.1) is 0 Å². The monoisotopic (exact) mass is 265 g/mol. The minimum absolute atomic E-state index is 0.507. The maximum atomic E-state index is 3.46. The lowest BCUT2D eigenvalue weighted by molar-refractivity contribution is 0.556. The maximum absolute atomic E-state index is 3.46. The van der Waals surface area contributed by atoms with Gasteiger partial charge in [-0.05, 0) is 54.8 Å². The molecule has 0 amide bonds. The smallest absolute Gasteiger partial charge is 0.0418 e. The van der Waals surface area contributed by atoms with E-state index in [0.717, 1.165) is 6.42 Å². The van der Waals surface area contributed by atoms with E-state index in [4.69, 9.17) is 0 Å². The van der Waals surface area contributed by atoms with Crippen molar-refractivity contribution < 1.29 is 0 Å². The minimum Gasteiger partial charge on any atom is -0.312 e. The Morgan fingerprint density at radius 2 is 2.12 bits per heavy atom. The summed E-state index contributed by atoms with van der Waals surface area (Å²) in [6.07, 6.45) is 3.49. The van der Waals surface area contributed by atoms with Crippen LogP contribution in [0.1, 0.15) is 34.7 Å². The molecule has 2 heterocycles. The predicted octanol–water partition coefficient (Wildman–Crippen LogP) is 4.27. The molecule has 0 aromatic carbocycles. The zero-order valence-corrected chi connectivity index (χ0v) is 12.0. The van der Waals surface area contributed by atoms with Crippen molar-refractivity contribution in [2.45, 2.75) is 32.2 Å². The van der Waals surface area contributed by atoms with E-state index in [1.54, 1.807) is 0 Å². The number of hydrogen-bond donors (Lipinski definition) is 1. The lowest BCUT2D eigenvalue weighted by Crippen LogP contribution is -2.17. The molecule has 0 aliphatic heterocycles. The Balaban J connectivity index is 2.01. The SMILES string of the molecule is CCc1ccsc1C(CCc1cccs1)NC. The largest absolute Gasteiger partial charge is 0.312 e. The van der Waals surface area contributed by atoms with Gasteiger partial charge in [-0.3, -0.25) is 0 Å². The molecule has 0 saturated heterocycles. The summed E-state index contributed by atoms with van der Waals surface area (Å²) in [6.45, 7) is 2.23. The normalized spacial score (nSPS) is 12.8. The maximum Gasteiger partial charge on any atom is 0.0418 e. The molecule has 0 aliphatic rings. The van der Waals surface area contributed by atoms with Gasteiger partial charge in [0, 0.05) is 15.8 Å². The standard InChI is InChI=1S/C14H19NS2/c1-3-11-8-10-17-14(11)13(15-2)7-6-12-5-4-9-16-12/h4-5,8-10,13,15H,3,6-7H2,1-2H3. The zero-order valence-electron chi connectivity index (χ0n) is 10.4. The van der Waals surface area contributed by atoms with Crippen LogP contribution in [0.2, 0.25) is 0 Å². The molecule has 3 heteroatoms. The molecule has 0 spiro atoms. The quantitative estimate of drug-likeness (QED) is 0.822. The molecular weight excluding hydrogens is 246 g/mol. The Kier molecular flexibility index (Phi) is 4.77. The van der Waals surface area contributed by atoms with Crippen LogP contribution in [0.3, 0.4) is 0 Å². The van der Waals surface area contributed by atoms with Gasteiger partial charge in [0.2, 0.25) is 0 Å². The Morgan fingerprint density at radius 1 is 1.24 bits per heavy atom. The molecule has 2 aromatic rings. The molecule has 92 valence electrons. The third-order valence-electron chi connectivity index (χ3n) is 3.09. The number of rotatable bonds is 6. The molecule has 1 atom stereocenters. The van der Waals surface area contributed by atoms with Crippen LogP contribution < -0.4 is 5.32 Å². The Labute approximate surface area is 112 Å². The second kappa shape index (κ2) is 6.34. The lowest BCUT2D eigenvalue weighted by atomic mass is 10.0. The highest BCUT2D eigenvalue weighted by Gasteiger charge is 2.14. The summed E-state index contributed by atoms with van der Waals surface area (Å²) in [6, 6.07) is 7.13. The highest BCUT2D eigenvalue weighted by atomic mass is 32.1. The first-order valence-electron chi connectivity index (χ1n) is 6.11. The van der Waals surface area contributed by atoms with Crippen molar-refractivity contribution >= 4 is 22.7 Å². The molecule has 2 rings (SSSR count). The van der Waals surface area contributed by atoms with Gasteiger partial charge in [0.25, 0.3) is 0 Å². The van der Waals surface area contributed by atoms with E-state index in [2.05, 4.69) is 48.2 Å². The molecule has 1 N–H and O–H groups in total. The van der Waals surface area contributed by atoms with Gasteiger partial charge in [-0.1, -0.05) is 13.0 Å². The van der Waals surface area contributed by atoms with Gasteiger partial charge in [0.05, 0.1) is 0 Å². The van der Waals surface area contributed by atoms with E-state index in [-0.39, 0.29) is 0 Å². The second-order valence-corrected chi connectivity index (χ2v) is 6.10. The molecular formula is C14H19NS2. The zero-order chi connectivity index (χ0) is 12.1. The molecule has 0 saturated carbocycles. The first kappa shape index (κ1) is 12.8. The predicted molar refractivity (Wildman–Crippen MR) is 78.1 cm³/mol. The fraction of sp³-hybridized carbons (Fsp3) is 0.429. The van der Waals surface area contributed by atoms with Crippen molar-refractivity contribution in [2.24, 2.45) is 0 Å². The number of nitrogens with one attached hydrogen (secondary N) is 1. The Morgan fingerprint density at radius 3 is 2.76 bits per heavy atom. The van der Waals surface area contributed by atoms with Crippen LogP contribution in [-0.2, 0) is 12.8 Å². The average molecular weight is 265 g/mol. The summed E-state index contributed by atoms with van der Waals surface area (Å²) in [5, 5.41) is 7.83. The summed E-state index contributed by atoms with van der Waals surface area (Å²) in [5.74, 6) is 0. The lowest BCUT2D eigenvalue weighted by Gasteiger charge is -2.16. The molecule has 1 unspecified atom stereocenters. The molecule has 0 aliphatic carbocycles. The Hall–Kier alpha value is -0.640. The number of aryl methyl sites for hydroxylation is 2. The van der Waals surface area contributed by atoms with Crippen molar-refractivity contribution in [2.75, 3.05) is 7.05 Å². The van der Waals surface area contributed by atoms with Gasteiger partial charge in [-0.25, -0.2) is 0 Å². The van der Waals surface area contributed by atoms with E-state index in [0.29, 0.717) is 6.04 Å². The fourth-order valence-electron chi connectivity index (χ4n) is 2.09. The van der Waals surface area contributed by atoms with Gasteiger partial charge in [-0.2, -0.15) is 0 Å². The van der Waals surface area contributed by atoms with Crippen molar-refractivity contribution in [3.8, 4) is 0 Å². The van der Waals surface area contributed by atoms with Gasteiger partial charge in [0.1, 0.15) is 0 Å². The van der Waals surface area contributed by atoms with E-state index in [9.17, 15) is 0 Å². The van der Waals surface area contributed by atoms with Crippen LogP contribution in [-0.4, -0.2) is 7.05 Å². The van der Waals surface area contributed by atoms with Gasteiger partial charge in [-0.15, -0.1) is 22.7 Å². The van der Waals surface area contributed by atoms with Crippen molar-refractivity contribution in [1.82, 2.24) is 5.32 Å². The van der Waals surface area contributed by atoms with Crippen LogP contribution in [0.5, 0.6) is 0 Å². The van der Waals surface area contributed by atoms with E-state index in [1.807, 2.05) is 22.7 Å². The Bertz CT molecular complexity index is 431. The first-order valence-corrected chi connectivity index (χ1v) is 7.87. The van der Waals surface area contributed by atoms with Gasteiger partial charge < -0.3 is 5.32 Å². The summed E-state index contributed by atoms with van der Waals surface area (Å²) < 4.78 is 0. The molecule has 2 aromatic heterocycles. The molecule has 17 heavy (non-hydrogen) atoms. The summed E-state index contributed by atoms with van der Waals surface area (Å²) in [5.41, 5.74) is 1.50. The number of thiophene rings is 2. The fourth-order valence-corrected chi connectivity index (χ4v) is 3.96. The summed E-state index contributed by atoms with van der Waals surface area (Å²) >= 11 is 3.74. The van der Waals surface area contributed by atoms with Gasteiger partial charge >= 0.3 is 0 Å². The topological polar surface area (TPSA) is 12.0 Å². The second-order valence-electron chi connectivity index (χ2n) is 4.12. The highest BCUT2D eigenvalue weighted by Crippen LogP contribution is 2.28. The van der Waals surface area contributed by atoms with E-state index in [1.165, 1.54) is 28.2 Å². The summed E-state index contributed by atoms with van der Waals surface area (Å²) in [4.78, 5) is 3.01. The van der Waals surface area contributed by atoms with Crippen LogP contribution >= 0.6 is 22.7 Å². The van der Waals surface area contributed by atoms with Crippen molar-refractivity contribution in [1.29, 1.82) is 0 Å². The third-order valence-corrected chi connectivity index (χ3v) is 5.10. The van der Waals surface area contributed by atoms with Crippen LogP contribution in [0.15, 0.2) is 29.0 Å². The molecule has 1 nitrogen and oxygen atoms in total. The molecule has 0 radical (unpaired) electrons. The average Bonchev–Trinajstić information content (AvgIpc) is 3.00. The molecule has 0 bridgehead atoms. The number of hydrogen-bond acceptors (Lipinski definition) is 3. The van der Waals surface area contributed by atoms with Crippen molar-refractivity contribution in [3.63, 3.8) is 0 Å². The summed E-state index contributed by atoms with van der Waals surface area (Å²) in [7, 11) is 2.07. The molecule has 0 fully saturated rings. The third kappa shape index (κ3) is 3.18. The van der Waals surface area contributed by atoms with Gasteiger partial charge in [0.15, 0.2) is 0 Å². The van der Waals surface area contributed by atoms with E-state index >= 15 is 0 Å². The minimum atomic E-state index is 0.507. The first-order chi connectivity index (χ1) is 8.35. The van der Waals surface area contributed by atoms with Crippen molar-refractivity contribution in [3.05, 3.63) is 44.3 Å². The van der Waals surface area contributed by atoms with E-state index < -0.39 is 0 Å².